The molecule has 0 radical (unpaired) electrons. The zero-order valence-corrected chi connectivity index (χ0v) is 33.0. The van der Waals surface area contributed by atoms with Gasteiger partial charge in [0.05, 0.1) is 0 Å². The van der Waals surface area contributed by atoms with Crippen LogP contribution < -0.4 is 0 Å². The van der Waals surface area contributed by atoms with Crippen molar-refractivity contribution < 1.29 is 0 Å². The quantitative estimate of drug-likeness (QED) is 0.0976. The van der Waals surface area contributed by atoms with Crippen molar-refractivity contribution in [2.24, 2.45) is 0 Å². The summed E-state index contributed by atoms with van der Waals surface area (Å²) in [6.45, 7) is 18.8. The Morgan fingerprint density at radius 2 is 0.860 bits per heavy atom. The third kappa shape index (κ3) is 7.56. The molecule has 6 rings (SSSR count). The number of hydrogen-bond donors (Lipinski definition) is 0. The van der Waals surface area contributed by atoms with Crippen LogP contribution in [0.2, 0.25) is 0 Å². The first kappa shape index (κ1) is 36.7. The Hall–Kier alpha value is -3.12. The molecule has 2 aliphatic carbocycles. The lowest BCUT2D eigenvalue weighted by Crippen LogP contribution is -2.26. The first-order valence-electron chi connectivity index (χ1n) is 20.5. The van der Waals surface area contributed by atoms with Gasteiger partial charge in [-0.2, -0.15) is 0 Å². The summed E-state index contributed by atoms with van der Waals surface area (Å²) in [5.74, 6) is 0. The van der Waals surface area contributed by atoms with E-state index >= 15 is 0 Å². The Bertz CT molecular complexity index is 1750. The Balaban J connectivity index is 1.38. The maximum atomic E-state index is 2.64. The smallest absolute Gasteiger partial charge is 0.0215 e. The van der Waals surface area contributed by atoms with Gasteiger partial charge in [-0.25, -0.2) is 0 Å². The van der Waals surface area contributed by atoms with Gasteiger partial charge in [-0.1, -0.05) is 199 Å². The minimum absolute atomic E-state index is 0.0910. The SMILES string of the molecule is CCCCCCCCC1(CCCCCCCC)c2cc(-c3ccc4c(c3)Cc3cc(C(C)(C)C)ccc3-4)ccc2-c2ccc(C(C)(C)C)cc21. The van der Waals surface area contributed by atoms with Crippen LogP contribution in [0.5, 0.6) is 0 Å². The summed E-state index contributed by atoms with van der Waals surface area (Å²) in [7, 11) is 0. The molecule has 0 atom stereocenters. The van der Waals surface area contributed by atoms with E-state index in [0.29, 0.717) is 0 Å². The summed E-state index contributed by atoms with van der Waals surface area (Å²) in [4.78, 5) is 0. The molecule has 50 heavy (non-hydrogen) atoms. The average molecular weight is 667 g/mol. The molecule has 0 heterocycles. The van der Waals surface area contributed by atoms with Crippen molar-refractivity contribution in [3.8, 4) is 33.4 Å². The summed E-state index contributed by atoms with van der Waals surface area (Å²) < 4.78 is 0. The lowest BCUT2D eigenvalue weighted by Gasteiger charge is -2.34. The molecule has 4 aromatic rings. The van der Waals surface area contributed by atoms with Crippen molar-refractivity contribution in [1.82, 2.24) is 0 Å². The van der Waals surface area contributed by atoms with Gasteiger partial charge < -0.3 is 0 Å². The lowest BCUT2D eigenvalue weighted by molar-refractivity contribution is 0.397. The molecule has 0 aromatic heterocycles. The number of benzene rings is 4. The van der Waals surface area contributed by atoms with E-state index in [2.05, 4.69) is 128 Å². The van der Waals surface area contributed by atoms with E-state index in [-0.39, 0.29) is 16.2 Å². The van der Waals surface area contributed by atoms with Gasteiger partial charge in [0, 0.05) is 5.41 Å². The van der Waals surface area contributed by atoms with Gasteiger partial charge in [0.2, 0.25) is 0 Å². The molecule has 266 valence electrons. The maximum Gasteiger partial charge on any atom is 0.0215 e. The van der Waals surface area contributed by atoms with E-state index < -0.39 is 0 Å². The molecule has 0 aliphatic heterocycles. The minimum atomic E-state index is 0.0910. The zero-order valence-electron chi connectivity index (χ0n) is 33.0. The number of fused-ring (bicyclic) bond motifs is 6. The molecule has 0 nitrogen and oxygen atoms in total. The molecule has 2 aliphatic rings. The van der Waals surface area contributed by atoms with Crippen LogP contribution in [0.15, 0.2) is 72.8 Å². The van der Waals surface area contributed by atoms with E-state index in [1.165, 1.54) is 146 Å². The van der Waals surface area contributed by atoms with Crippen LogP contribution >= 0.6 is 0 Å². The molecule has 0 unspecified atom stereocenters. The van der Waals surface area contributed by atoms with Gasteiger partial charge in [-0.15, -0.1) is 0 Å². The van der Waals surface area contributed by atoms with Crippen LogP contribution in [0.25, 0.3) is 33.4 Å². The summed E-state index contributed by atoms with van der Waals surface area (Å²) in [5.41, 5.74) is 18.1. The monoisotopic (exact) mass is 667 g/mol. The van der Waals surface area contributed by atoms with E-state index in [1.54, 1.807) is 11.1 Å². The molecule has 0 fully saturated rings. The van der Waals surface area contributed by atoms with Gasteiger partial charge in [0.1, 0.15) is 0 Å². The van der Waals surface area contributed by atoms with Crippen molar-refractivity contribution in [2.75, 3.05) is 0 Å². The summed E-state index contributed by atoms with van der Waals surface area (Å²) >= 11 is 0. The average Bonchev–Trinajstić information content (AvgIpc) is 3.59. The maximum absolute atomic E-state index is 2.64. The van der Waals surface area contributed by atoms with Gasteiger partial charge in [0.15, 0.2) is 0 Å². The topological polar surface area (TPSA) is 0 Å². The highest BCUT2D eigenvalue weighted by Gasteiger charge is 2.43. The largest absolute Gasteiger partial charge is 0.0654 e. The lowest BCUT2D eigenvalue weighted by atomic mass is 9.69. The van der Waals surface area contributed by atoms with E-state index in [4.69, 9.17) is 0 Å². The third-order valence-electron chi connectivity index (χ3n) is 12.2. The highest BCUT2D eigenvalue weighted by atomic mass is 14.5. The second-order valence-corrected chi connectivity index (χ2v) is 18.1. The normalized spacial score (nSPS) is 14.4. The predicted molar refractivity (Wildman–Crippen MR) is 220 cm³/mol. The summed E-state index contributed by atoms with van der Waals surface area (Å²) in [6, 6.07) is 29.6. The minimum Gasteiger partial charge on any atom is -0.0654 e. The number of rotatable bonds is 15. The second kappa shape index (κ2) is 15.2. The zero-order chi connectivity index (χ0) is 35.5. The van der Waals surface area contributed by atoms with Gasteiger partial charge in [-0.05, 0) is 103 Å². The highest BCUT2D eigenvalue weighted by Crippen LogP contribution is 2.56. The first-order valence-corrected chi connectivity index (χ1v) is 20.5. The summed E-state index contributed by atoms with van der Waals surface area (Å²) in [6.07, 6.45) is 19.8. The Morgan fingerprint density at radius 1 is 0.440 bits per heavy atom. The number of hydrogen-bond acceptors (Lipinski definition) is 0. The molecule has 0 saturated heterocycles. The van der Waals surface area contributed by atoms with Crippen molar-refractivity contribution in [1.29, 1.82) is 0 Å². The Labute approximate surface area is 306 Å². The van der Waals surface area contributed by atoms with Gasteiger partial charge in [-0.3, -0.25) is 0 Å². The third-order valence-corrected chi connectivity index (χ3v) is 12.2. The molecule has 0 amide bonds. The molecule has 0 spiro atoms. The second-order valence-electron chi connectivity index (χ2n) is 18.1. The van der Waals surface area contributed by atoms with E-state index in [0.717, 1.165) is 6.42 Å². The highest BCUT2D eigenvalue weighted by molar-refractivity contribution is 5.86. The van der Waals surface area contributed by atoms with Crippen molar-refractivity contribution in [2.45, 2.75) is 168 Å². The number of unbranched alkanes of at least 4 members (excludes halogenated alkanes) is 10. The van der Waals surface area contributed by atoms with E-state index in [1.807, 2.05) is 0 Å². The van der Waals surface area contributed by atoms with E-state index in [9.17, 15) is 0 Å². The molecular formula is C50H66. The van der Waals surface area contributed by atoms with Crippen LogP contribution in [0.3, 0.4) is 0 Å². The van der Waals surface area contributed by atoms with Crippen LogP contribution in [0, 0.1) is 0 Å². The molecule has 0 heteroatoms. The molecule has 4 aromatic carbocycles. The Kier molecular flexibility index (Phi) is 11.2. The first-order chi connectivity index (χ1) is 24.0. The summed E-state index contributed by atoms with van der Waals surface area (Å²) in [5, 5.41) is 0. The predicted octanol–water partition coefficient (Wildman–Crippen LogP) is 15.3. The molecule has 0 saturated carbocycles. The molecule has 0 bridgehead atoms. The van der Waals surface area contributed by atoms with Crippen LogP contribution in [-0.2, 0) is 22.7 Å². The van der Waals surface area contributed by atoms with Crippen LogP contribution in [-0.4, -0.2) is 0 Å². The standard InChI is InChI=1S/C50H66/c1-9-11-13-15-17-19-29-50(30-20-18-16-14-12-10-2)46-34-37(22-26-44(46)45-28-24-41(35-47(45)50)49(6,7)8)36-21-25-42-38(31-36)32-39-33-40(48(3,4)5)23-27-43(39)42/h21-28,31,33-35H,9-20,29-30,32H2,1-8H3. The Morgan fingerprint density at radius 3 is 1.42 bits per heavy atom. The van der Waals surface area contributed by atoms with Crippen molar-refractivity contribution in [3.05, 3.63) is 106 Å². The fraction of sp³-hybridized carbons (Fsp3) is 0.520. The fourth-order valence-electron chi connectivity index (χ4n) is 9.08. The van der Waals surface area contributed by atoms with Gasteiger partial charge >= 0.3 is 0 Å². The molecule has 0 N–H and O–H groups in total. The van der Waals surface area contributed by atoms with Crippen LogP contribution in [0.1, 0.15) is 179 Å². The van der Waals surface area contributed by atoms with Crippen molar-refractivity contribution in [3.63, 3.8) is 0 Å². The molecular weight excluding hydrogens is 601 g/mol. The van der Waals surface area contributed by atoms with Crippen molar-refractivity contribution >= 4 is 0 Å². The fourth-order valence-corrected chi connectivity index (χ4v) is 9.08. The van der Waals surface area contributed by atoms with Crippen LogP contribution in [0.4, 0.5) is 0 Å². The van der Waals surface area contributed by atoms with Gasteiger partial charge in [0.25, 0.3) is 0 Å².